The number of aromatic amines is 1. The number of benzene rings is 2. The fourth-order valence-electron chi connectivity index (χ4n) is 4.33. The van der Waals surface area contributed by atoms with Crippen LogP contribution in [0.5, 0.6) is 0 Å². The fraction of sp³-hybridized carbons (Fsp3) is 0.185. The molecule has 0 saturated heterocycles. The van der Waals surface area contributed by atoms with E-state index in [2.05, 4.69) is 50.1 Å². The molecule has 168 valence electrons. The van der Waals surface area contributed by atoms with Gasteiger partial charge in [-0.05, 0) is 85.7 Å². The topological polar surface area (TPSA) is 88.5 Å². The number of imidazole rings is 1. The van der Waals surface area contributed by atoms with Crippen molar-refractivity contribution in [3.63, 3.8) is 0 Å². The molecule has 1 saturated carbocycles. The molecule has 1 aliphatic rings. The monoisotopic (exact) mass is 448 g/mol. The van der Waals surface area contributed by atoms with Crippen LogP contribution in [0.4, 0.5) is 11.5 Å². The number of anilines is 2. The van der Waals surface area contributed by atoms with Crippen LogP contribution in [0, 0.1) is 13.8 Å². The Labute approximate surface area is 196 Å². The van der Waals surface area contributed by atoms with E-state index in [1.165, 1.54) is 18.5 Å². The Kier molecular flexibility index (Phi) is 4.76. The summed E-state index contributed by atoms with van der Waals surface area (Å²) in [5, 5.41) is 4.94. The second-order valence-electron chi connectivity index (χ2n) is 8.93. The van der Waals surface area contributed by atoms with Gasteiger partial charge in [-0.15, -0.1) is 0 Å². The van der Waals surface area contributed by atoms with Gasteiger partial charge in [0.15, 0.2) is 5.82 Å². The first-order chi connectivity index (χ1) is 16.5. The molecule has 7 heteroatoms. The maximum absolute atomic E-state index is 12.1. The molecular formula is C27H24N6O. The minimum absolute atomic E-state index is 0.0882. The highest BCUT2D eigenvalue weighted by Crippen LogP contribution is 2.39. The Morgan fingerprint density at radius 3 is 2.71 bits per heavy atom. The summed E-state index contributed by atoms with van der Waals surface area (Å²) in [6.07, 6.45) is 10.0. The van der Waals surface area contributed by atoms with Gasteiger partial charge in [-0.3, -0.25) is 4.79 Å². The van der Waals surface area contributed by atoms with E-state index in [1.54, 1.807) is 12.4 Å². The van der Waals surface area contributed by atoms with E-state index >= 15 is 0 Å². The smallest absolute Gasteiger partial charge is 0.255 e. The second-order valence-corrected chi connectivity index (χ2v) is 8.93. The van der Waals surface area contributed by atoms with Crippen molar-refractivity contribution in [1.29, 1.82) is 0 Å². The molecule has 0 spiro atoms. The van der Waals surface area contributed by atoms with Crippen molar-refractivity contribution in [3.8, 4) is 17.1 Å². The first kappa shape index (κ1) is 20.4. The SMILES string of the molecule is Cc1cc(-c2nccc(Nc3ccc4c(=O)[nH]cc(C)c4c3)n2)ccc1-n1cnc(C2CC2)c1. The first-order valence-electron chi connectivity index (χ1n) is 11.4. The molecule has 2 aromatic carbocycles. The van der Waals surface area contributed by atoms with Crippen molar-refractivity contribution in [3.05, 3.63) is 94.6 Å². The summed E-state index contributed by atoms with van der Waals surface area (Å²) in [5.74, 6) is 1.98. The zero-order chi connectivity index (χ0) is 23.2. The molecule has 7 nitrogen and oxygen atoms in total. The predicted molar refractivity (Wildman–Crippen MR) is 134 cm³/mol. The maximum atomic E-state index is 12.1. The van der Waals surface area contributed by atoms with Crippen LogP contribution in [0.15, 0.2) is 72.2 Å². The Balaban J connectivity index is 1.28. The number of hydrogen-bond acceptors (Lipinski definition) is 5. The number of nitrogens with one attached hydrogen (secondary N) is 2. The third kappa shape index (κ3) is 3.75. The molecule has 5 aromatic rings. The van der Waals surface area contributed by atoms with Crippen molar-refractivity contribution >= 4 is 22.3 Å². The lowest BCUT2D eigenvalue weighted by Gasteiger charge is -2.11. The van der Waals surface area contributed by atoms with Gasteiger partial charge in [0.25, 0.3) is 5.56 Å². The minimum atomic E-state index is -0.0882. The molecule has 0 unspecified atom stereocenters. The molecule has 0 radical (unpaired) electrons. The lowest BCUT2D eigenvalue weighted by atomic mass is 10.1. The molecule has 3 aromatic heterocycles. The lowest BCUT2D eigenvalue weighted by Crippen LogP contribution is -2.06. The van der Waals surface area contributed by atoms with Crippen molar-refractivity contribution in [1.82, 2.24) is 24.5 Å². The summed E-state index contributed by atoms with van der Waals surface area (Å²) in [5.41, 5.74) is 6.17. The Hall–Kier alpha value is -4.26. The Morgan fingerprint density at radius 2 is 1.88 bits per heavy atom. The predicted octanol–water partition coefficient (Wildman–Crippen LogP) is 5.41. The van der Waals surface area contributed by atoms with Gasteiger partial charge < -0.3 is 14.9 Å². The summed E-state index contributed by atoms with van der Waals surface area (Å²) in [6.45, 7) is 4.07. The van der Waals surface area contributed by atoms with Crippen LogP contribution in [0.3, 0.4) is 0 Å². The van der Waals surface area contributed by atoms with Crippen LogP contribution in [0.1, 0.15) is 35.6 Å². The highest BCUT2D eigenvalue weighted by molar-refractivity contribution is 5.88. The summed E-state index contributed by atoms with van der Waals surface area (Å²) in [6, 6.07) is 13.8. The third-order valence-electron chi connectivity index (χ3n) is 6.37. The van der Waals surface area contributed by atoms with Gasteiger partial charge >= 0.3 is 0 Å². The van der Waals surface area contributed by atoms with Crippen LogP contribution in [-0.2, 0) is 0 Å². The summed E-state index contributed by atoms with van der Waals surface area (Å²) in [7, 11) is 0. The largest absolute Gasteiger partial charge is 0.340 e. The molecule has 0 aliphatic heterocycles. The average Bonchev–Trinajstić information content (AvgIpc) is 3.59. The molecule has 3 heterocycles. The number of aromatic nitrogens is 5. The molecule has 2 N–H and O–H groups in total. The summed E-state index contributed by atoms with van der Waals surface area (Å²) < 4.78 is 2.10. The van der Waals surface area contributed by atoms with Crippen LogP contribution < -0.4 is 10.9 Å². The van der Waals surface area contributed by atoms with E-state index < -0.39 is 0 Å². The van der Waals surface area contributed by atoms with E-state index in [9.17, 15) is 4.79 Å². The van der Waals surface area contributed by atoms with E-state index in [1.807, 2.05) is 43.6 Å². The molecule has 6 rings (SSSR count). The van der Waals surface area contributed by atoms with Crippen molar-refractivity contribution in [2.24, 2.45) is 0 Å². The van der Waals surface area contributed by atoms with E-state index in [0.717, 1.165) is 33.5 Å². The second kappa shape index (κ2) is 7.95. The average molecular weight is 449 g/mol. The van der Waals surface area contributed by atoms with Crippen LogP contribution in [0.2, 0.25) is 0 Å². The van der Waals surface area contributed by atoms with Crippen molar-refractivity contribution in [2.45, 2.75) is 32.6 Å². The number of fused-ring (bicyclic) bond motifs is 1. The van der Waals surface area contributed by atoms with Gasteiger partial charge in [0.2, 0.25) is 0 Å². The zero-order valence-corrected chi connectivity index (χ0v) is 19.0. The number of pyridine rings is 1. The standard InChI is InChI=1S/C27H24N6O/c1-16-11-19(5-8-24(16)33-14-23(30-15-33)18-3-4-18)26-28-10-9-25(32-26)31-20-6-7-21-22(12-20)17(2)13-29-27(21)34/h5-15,18H,3-4H2,1-2H3,(H,29,34)(H,28,31,32). The van der Waals surface area contributed by atoms with E-state index in [0.29, 0.717) is 22.9 Å². The third-order valence-corrected chi connectivity index (χ3v) is 6.37. The summed E-state index contributed by atoms with van der Waals surface area (Å²) in [4.78, 5) is 28.6. The normalized spacial score (nSPS) is 13.4. The Bertz CT molecular complexity index is 1590. The molecule has 1 fully saturated rings. The van der Waals surface area contributed by atoms with E-state index in [4.69, 9.17) is 4.98 Å². The van der Waals surface area contributed by atoms with Crippen LogP contribution in [0.25, 0.3) is 27.8 Å². The molecule has 0 bridgehead atoms. The number of hydrogen-bond donors (Lipinski definition) is 2. The van der Waals surface area contributed by atoms with Crippen molar-refractivity contribution < 1.29 is 0 Å². The number of nitrogens with zero attached hydrogens (tertiary/aromatic N) is 4. The minimum Gasteiger partial charge on any atom is -0.340 e. The molecule has 1 aliphatic carbocycles. The number of H-pyrrole nitrogens is 1. The highest BCUT2D eigenvalue weighted by atomic mass is 16.1. The van der Waals surface area contributed by atoms with Gasteiger partial charge in [0.05, 0.1) is 12.0 Å². The number of rotatable bonds is 5. The lowest BCUT2D eigenvalue weighted by molar-refractivity contribution is 1.04. The van der Waals surface area contributed by atoms with Gasteiger partial charge in [0, 0.05) is 46.8 Å². The van der Waals surface area contributed by atoms with Crippen molar-refractivity contribution in [2.75, 3.05) is 5.32 Å². The zero-order valence-electron chi connectivity index (χ0n) is 19.0. The van der Waals surface area contributed by atoms with Gasteiger partial charge in [-0.1, -0.05) is 0 Å². The highest BCUT2D eigenvalue weighted by Gasteiger charge is 2.25. The molecule has 0 amide bonds. The quantitative estimate of drug-likeness (QED) is 0.375. The first-order valence-corrected chi connectivity index (χ1v) is 11.4. The molecule has 0 atom stereocenters. The maximum Gasteiger partial charge on any atom is 0.255 e. The van der Waals surface area contributed by atoms with Crippen LogP contribution >= 0.6 is 0 Å². The van der Waals surface area contributed by atoms with Gasteiger partial charge in [-0.2, -0.15) is 0 Å². The number of aryl methyl sites for hydroxylation is 2. The van der Waals surface area contributed by atoms with Gasteiger partial charge in [-0.25, -0.2) is 15.0 Å². The fourth-order valence-corrected chi connectivity index (χ4v) is 4.33. The summed E-state index contributed by atoms with van der Waals surface area (Å²) >= 11 is 0. The van der Waals surface area contributed by atoms with Gasteiger partial charge in [0.1, 0.15) is 5.82 Å². The molecular weight excluding hydrogens is 424 g/mol. The van der Waals surface area contributed by atoms with Crippen LogP contribution in [-0.4, -0.2) is 24.5 Å². The Morgan fingerprint density at radius 1 is 1.00 bits per heavy atom. The van der Waals surface area contributed by atoms with E-state index in [-0.39, 0.29) is 5.56 Å². The molecule has 34 heavy (non-hydrogen) atoms.